The number of likely N-dealkylation sites (N-methyl/N-ethyl adjacent to an activating group) is 1. The number of methoxy groups -OCH3 is 1. The van der Waals surface area contributed by atoms with Crippen LogP contribution < -0.4 is 20.1 Å². The quantitative estimate of drug-likeness (QED) is 0.742. The summed E-state index contributed by atoms with van der Waals surface area (Å²) < 4.78 is 34.0. The predicted molar refractivity (Wildman–Crippen MR) is 87.8 cm³/mol. The smallest absolute Gasteiger partial charge is 0.387 e. The summed E-state index contributed by atoms with van der Waals surface area (Å²) in [5.41, 5.74) is 0.736. The highest BCUT2D eigenvalue weighted by atomic mass is 19.3. The van der Waals surface area contributed by atoms with Crippen molar-refractivity contribution in [3.8, 4) is 11.5 Å². The van der Waals surface area contributed by atoms with Crippen LogP contribution >= 0.6 is 0 Å². The highest BCUT2D eigenvalue weighted by Crippen LogP contribution is 2.29. The summed E-state index contributed by atoms with van der Waals surface area (Å²) in [6.07, 6.45) is 0. The molecular weight excluding hydrogens is 336 g/mol. The van der Waals surface area contributed by atoms with Crippen molar-refractivity contribution in [1.82, 2.24) is 15.5 Å². The number of carbonyl (C=O) groups is 2. The number of urea groups is 1. The van der Waals surface area contributed by atoms with Crippen LogP contribution in [0.4, 0.5) is 13.6 Å². The van der Waals surface area contributed by atoms with E-state index in [0.29, 0.717) is 6.54 Å². The Morgan fingerprint density at radius 2 is 1.92 bits per heavy atom. The van der Waals surface area contributed by atoms with Gasteiger partial charge in [0, 0.05) is 12.6 Å². The molecule has 0 aliphatic rings. The van der Waals surface area contributed by atoms with Gasteiger partial charge in [-0.25, -0.2) is 4.79 Å². The second-order valence-electron chi connectivity index (χ2n) is 5.71. The molecule has 7 nitrogen and oxygen atoms in total. The summed E-state index contributed by atoms with van der Waals surface area (Å²) >= 11 is 0. The van der Waals surface area contributed by atoms with E-state index in [0.717, 1.165) is 5.56 Å². The molecular formula is C16H23F2N3O4. The fraction of sp³-hybridized carbons (Fsp3) is 0.500. The molecule has 0 saturated carbocycles. The van der Waals surface area contributed by atoms with Crippen molar-refractivity contribution < 1.29 is 27.8 Å². The van der Waals surface area contributed by atoms with Crippen molar-refractivity contribution >= 4 is 11.9 Å². The van der Waals surface area contributed by atoms with Crippen molar-refractivity contribution in [3.05, 3.63) is 23.8 Å². The number of imide groups is 1. The van der Waals surface area contributed by atoms with Crippen LogP contribution in [0.3, 0.4) is 0 Å². The van der Waals surface area contributed by atoms with Gasteiger partial charge in [-0.15, -0.1) is 0 Å². The molecule has 9 heteroatoms. The molecule has 0 spiro atoms. The van der Waals surface area contributed by atoms with Crippen LogP contribution in [0, 0.1) is 0 Å². The number of amides is 3. The van der Waals surface area contributed by atoms with Gasteiger partial charge in [0.15, 0.2) is 11.5 Å². The third-order valence-corrected chi connectivity index (χ3v) is 2.98. The van der Waals surface area contributed by atoms with Crippen molar-refractivity contribution in [3.63, 3.8) is 0 Å². The Bertz CT molecular complexity index is 597. The monoisotopic (exact) mass is 359 g/mol. The Labute approximate surface area is 145 Å². The van der Waals surface area contributed by atoms with Gasteiger partial charge < -0.3 is 14.8 Å². The molecule has 0 heterocycles. The molecule has 0 fully saturated rings. The lowest BCUT2D eigenvalue weighted by Gasteiger charge is -2.18. The van der Waals surface area contributed by atoms with Gasteiger partial charge in [-0.05, 0) is 38.6 Å². The number of ether oxygens (including phenoxy) is 2. The van der Waals surface area contributed by atoms with Gasteiger partial charge in [-0.3, -0.25) is 15.0 Å². The van der Waals surface area contributed by atoms with Gasteiger partial charge in [0.05, 0.1) is 13.7 Å². The number of alkyl halides is 2. The molecule has 1 aromatic rings. The van der Waals surface area contributed by atoms with Crippen molar-refractivity contribution in [2.45, 2.75) is 33.0 Å². The molecule has 0 aliphatic carbocycles. The fourth-order valence-corrected chi connectivity index (χ4v) is 2.08. The van der Waals surface area contributed by atoms with Gasteiger partial charge >= 0.3 is 12.6 Å². The average molecular weight is 359 g/mol. The summed E-state index contributed by atoms with van der Waals surface area (Å²) in [6, 6.07) is 3.90. The number of hydrogen-bond acceptors (Lipinski definition) is 5. The topological polar surface area (TPSA) is 79.9 Å². The number of carbonyl (C=O) groups excluding carboxylic acids is 2. The lowest BCUT2D eigenvalue weighted by Crippen LogP contribution is -2.45. The van der Waals surface area contributed by atoms with E-state index < -0.39 is 18.5 Å². The molecule has 1 rings (SSSR count). The maximum atomic E-state index is 12.3. The summed E-state index contributed by atoms with van der Waals surface area (Å²) in [6.45, 7) is 0.965. The highest BCUT2D eigenvalue weighted by molar-refractivity contribution is 5.95. The molecule has 2 N–H and O–H groups in total. The Morgan fingerprint density at radius 1 is 1.24 bits per heavy atom. The van der Waals surface area contributed by atoms with Crippen LogP contribution in [0.2, 0.25) is 0 Å². The van der Waals surface area contributed by atoms with E-state index in [-0.39, 0.29) is 24.1 Å². The number of nitrogens with one attached hydrogen (secondary N) is 2. The van der Waals surface area contributed by atoms with E-state index >= 15 is 0 Å². The number of rotatable bonds is 8. The standard InChI is InChI=1S/C16H23F2N3O4/c1-10(2)19-16(23)20-14(22)9-21(3)8-11-5-6-12(25-15(17)18)13(7-11)24-4/h5-7,10,15H,8-9H2,1-4H3,(H2,19,20,22,23). The molecule has 25 heavy (non-hydrogen) atoms. The molecule has 0 atom stereocenters. The third kappa shape index (κ3) is 7.79. The van der Waals surface area contributed by atoms with E-state index in [9.17, 15) is 18.4 Å². The zero-order chi connectivity index (χ0) is 19.0. The Morgan fingerprint density at radius 3 is 2.48 bits per heavy atom. The lowest BCUT2D eigenvalue weighted by molar-refractivity contribution is -0.121. The van der Waals surface area contributed by atoms with Crippen molar-refractivity contribution in [1.29, 1.82) is 0 Å². The minimum Gasteiger partial charge on any atom is -0.493 e. The SMILES string of the molecule is COc1cc(CN(C)CC(=O)NC(=O)NC(C)C)ccc1OC(F)F. The molecule has 0 bridgehead atoms. The summed E-state index contributed by atoms with van der Waals surface area (Å²) in [4.78, 5) is 24.9. The second-order valence-corrected chi connectivity index (χ2v) is 5.71. The molecule has 0 unspecified atom stereocenters. The van der Waals surface area contributed by atoms with Crippen LogP contribution in [0.1, 0.15) is 19.4 Å². The number of benzene rings is 1. The van der Waals surface area contributed by atoms with Gasteiger partial charge in [0.25, 0.3) is 0 Å². The van der Waals surface area contributed by atoms with Crippen LogP contribution in [0.5, 0.6) is 11.5 Å². The van der Waals surface area contributed by atoms with Gasteiger partial charge in [0.2, 0.25) is 5.91 Å². The molecule has 0 aliphatic heterocycles. The van der Waals surface area contributed by atoms with Crippen molar-refractivity contribution in [2.75, 3.05) is 20.7 Å². The van der Waals surface area contributed by atoms with E-state index in [1.54, 1.807) is 37.9 Å². The van der Waals surface area contributed by atoms with E-state index in [1.807, 2.05) is 0 Å². The van der Waals surface area contributed by atoms with Crippen molar-refractivity contribution in [2.24, 2.45) is 0 Å². The van der Waals surface area contributed by atoms with Gasteiger partial charge in [-0.2, -0.15) is 8.78 Å². The molecule has 0 radical (unpaired) electrons. The fourth-order valence-electron chi connectivity index (χ4n) is 2.08. The first kappa shape index (κ1) is 20.6. The van der Waals surface area contributed by atoms with Gasteiger partial charge in [-0.1, -0.05) is 6.07 Å². The summed E-state index contributed by atoms with van der Waals surface area (Å²) in [5, 5.41) is 4.77. The van der Waals surface area contributed by atoms with E-state index in [4.69, 9.17) is 4.74 Å². The Kier molecular flexibility index (Phi) is 8.06. The molecule has 3 amide bonds. The second kappa shape index (κ2) is 9.77. The highest BCUT2D eigenvalue weighted by Gasteiger charge is 2.14. The summed E-state index contributed by atoms with van der Waals surface area (Å²) in [7, 11) is 3.04. The van der Waals surface area contributed by atoms with Crippen LogP contribution in [0.15, 0.2) is 18.2 Å². The normalized spacial score (nSPS) is 10.9. The zero-order valence-electron chi connectivity index (χ0n) is 14.6. The maximum Gasteiger partial charge on any atom is 0.387 e. The zero-order valence-corrected chi connectivity index (χ0v) is 14.6. The van der Waals surface area contributed by atoms with Crippen LogP contribution in [0.25, 0.3) is 0 Å². The lowest BCUT2D eigenvalue weighted by atomic mass is 10.2. The number of nitrogens with zero attached hydrogens (tertiary/aromatic N) is 1. The number of halogens is 2. The Hall–Kier alpha value is -2.42. The average Bonchev–Trinajstić information content (AvgIpc) is 2.46. The van der Waals surface area contributed by atoms with E-state index in [2.05, 4.69) is 15.4 Å². The van der Waals surface area contributed by atoms with Crippen LogP contribution in [-0.4, -0.2) is 50.2 Å². The molecule has 140 valence electrons. The molecule has 1 aromatic carbocycles. The predicted octanol–water partition coefficient (Wildman–Crippen LogP) is 1.96. The number of hydrogen-bond donors (Lipinski definition) is 2. The van der Waals surface area contributed by atoms with Gasteiger partial charge in [0.1, 0.15) is 0 Å². The summed E-state index contributed by atoms with van der Waals surface area (Å²) in [5.74, 6) is -0.343. The minimum atomic E-state index is -2.94. The first-order valence-electron chi connectivity index (χ1n) is 7.62. The maximum absolute atomic E-state index is 12.3. The largest absolute Gasteiger partial charge is 0.493 e. The molecule has 0 saturated heterocycles. The Balaban J connectivity index is 2.60. The first-order chi connectivity index (χ1) is 11.7. The third-order valence-electron chi connectivity index (χ3n) is 2.98. The first-order valence-corrected chi connectivity index (χ1v) is 7.62. The van der Waals surface area contributed by atoms with Crippen LogP contribution in [-0.2, 0) is 11.3 Å². The minimum absolute atomic E-state index is 0.0108. The molecule has 0 aromatic heterocycles. The van der Waals surface area contributed by atoms with E-state index in [1.165, 1.54) is 13.2 Å².